The minimum Gasteiger partial charge on any atom is -0.456 e. The molecule has 2 aromatic heterocycles. The maximum absolute atomic E-state index is 6.51. The predicted octanol–water partition coefficient (Wildman–Crippen LogP) is 12.1. The number of hydrogen-bond acceptors (Lipinski definition) is 3. The van der Waals surface area contributed by atoms with Crippen molar-refractivity contribution in [3.63, 3.8) is 0 Å². The van der Waals surface area contributed by atoms with Crippen LogP contribution < -0.4 is 4.90 Å². The Hall–Kier alpha value is -6.19. The Morgan fingerprint density at radius 1 is 0.457 bits per heavy atom. The smallest absolute Gasteiger partial charge is 0.137 e. The van der Waals surface area contributed by atoms with Gasteiger partial charge in [0.15, 0.2) is 0 Å². The number of anilines is 3. The van der Waals surface area contributed by atoms with Crippen molar-refractivity contribution >= 4 is 60.5 Å². The molecule has 0 aliphatic heterocycles. The van der Waals surface area contributed by atoms with Crippen LogP contribution in [0.15, 0.2) is 175 Å². The van der Waals surface area contributed by atoms with Crippen LogP contribution in [0.25, 0.3) is 65.7 Å². The lowest BCUT2D eigenvalue weighted by atomic mass is 9.98. The molecule has 0 spiro atoms. The molecule has 0 amide bonds. The fourth-order valence-electron chi connectivity index (χ4n) is 6.69. The van der Waals surface area contributed by atoms with Gasteiger partial charge in [-0.3, -0.25) is 4.98 Å². The summed E-state index contributed by atoms with van der Waals surface area (Å²) in [5, 5.41) is 6.81. The zero-order chi connectivity index (χ0) is 30.5. The average molecular weight is 589 g/mol. The second-order valence-corrected chi connectivity index (χ2v) is 11.7. The summed E-state index contributed by atoms with van der Waals surface area (Å²) >= 11 is 0. The molecule has 2 heterocycles. The van der Waals surface area contributed by atoms with Crippen molar-refractivity contribution in [3.05, 3.63) is 170 Å². The standard InChI is InChI=1S/C43H28N2O/c1-2-9-29(10-3-1)31-19-21-36(22-20-31)45(39-14-7-6-13-37(39)34-18-17-30-11-4-5-12-32(30)25-34)40-15-8-16-41-43(40)38-26-33-23-24-44-28-35(33)27-42(38)46-41/h1-28H. The topological polar surface area (TPSA) is 29.3 Å². The molecule has 216 valence electrons. The molecule has 0 saturated heterocycles. The highest BCUT2D eigenvalue weighted by Crippen LogP contribution is 2.46. The number of nitrogens with zero attached hydrogens (tertiary/aromatic N) is 2. The van der Waals surface area contributed by atoms with Crippen molar-refractivity contribution in [1.82, 2.24) is 4.98 Å². The summed E-state index contributed by atoms with van der Waals surface area (Å²) in [5.74, 6) is 0. The van der Waals surface area contributed by atoms with Gasteiger partial charge >= 0.3 is 0 Å². The molecular formula is C43H28N2O. The molecule has 3 nitrogen and oxygen atoms in total. The predicted molar refractivity (Wildman–Crippen MR) is 192 cm³/mol. The van der Waals surface area contributed by atoms with E-state index in [9.17, 15) is 0 Å². The lowest BCUT2D eigenvalue weighted by Crippen LogP contribution is -2.11. The quantitative estimate of drug-likeness (QED) is 0.200. The molecule has 0 saturated carbocycles. The van der Waals surface area contributed by atoms with Gasteiger partial charge in [0.25, 0.3) is 0 Å². The molecule has 0 aliphatic carbocycles. The number of pyridine rings is 1. The van der Waals surface area contributed by atoms with Crippen molar-refractivity contribution in [2.45, 2.75) is 0 Å². The zero-order valence-electron chi connectivity index (χ0n) is 25.0. The number of para-hydroxylation sites is 1. The summed E-state index contributed by atoms with van der Waals surface area (Å²) < 4.78 is 6.51. The molecule has 0 N–H and O–H groups in total. The molecule has 0 radical (unpaired) electrons. The van der Waals surface area contributed by atoms with Gasteiger partial charge in [-0.1, -0.05) is 103 Å². The molecule has 46 heavy (non-hydrogen) atoms. The third-order valence-electron chi connectivity index (χ3n) is 8.91. The monoisotopic (exact) mass is 588 g/mol. The van der Waals surface area contributed by atoms with Crippen molar-refractivity contribution < 1.29 is 4.42 Å². The number of rotatable bonds is 5. The molecule has 9 rings (SSSR count). The van der Waals surface area contributed by atoms with E-state index in [1.807, 2.05) is 12.4 Å². The van der Waals surface area contributed by atoms with Crippen LogP contribution in [0.5, 0.6) is 0 Å². The van der Waals surface area contributed by atoms with Crippen molar-refractivity contribution in [2.24, 2.45) is 0 Å². The first-order valence-corrected chi connectivity index (χ1v) is 15.5. The van der Waals surface area contributed by atoms with E-state index < -0.39 is 0 Å². The molecule has 0 fully saturated rings. The summed E-state index contributed by atoms with van der Waals surface area (Å²) in [5.41, 5.74) is 9.63. The lowest BCUT2D eigenvalue weighted by Gasteiger charge is -2.28. The van der Waals surface area contributed by atoms with Gasteiger partial charge in [-0.25, -0.2) is 0 Å². The van der Waals surface area contributed by atoms with Gasteiger partial charge in [-0.15, -0.1) is 0 Å². The van der Waals surface area contributed by atoms with E-state index in [2.05, 4.69) is 168 Å². The van der Waals surface area contributed by atoms with Gasteiger partial charge in [-0.2, -0.15) is 0 Å². The maximum atomic E-state index is 6.51. The van der Waals surface area contributed by atoms with E-state index in [-0.39, 0.29) is 0 Å². The largest absolute Gasteiger partial charge is 0.456 e. The third kappa shape index (κ3) is 4.41. The van der Waals surface area contributed by atoms with Gasteiger partial charge in [-0.05, 0) is 87.4 Å². The molecular weight excluding hydrogens is 560 g/mol. The van der Waals surface area contributed by atoms with E-state index in [0.717, 1.165) is 55.3 Å². The van der Waals surface area contributed by atoms with Gasteiger partial charge < -0.3 is 9.32 Å². The first-order valence-electron chi connectivity index (χ1n) is 15.5. The van der Waals surface area contributed by atoms with Crippen molar-refractivity contribution in [3.8, 4) is 22.3 Å². The molecule has 9 aromatic rings. The second kappa shape index (κ2) is 10.8. The highest BCUT2D eigenvalue weighted by atomic mass is 16.3. The van der Waals surface area contributed by atoms with E-state index in [4.69, 9.17) is 4.42 Å². The second-order valence-electron chi connectivity index (χ2n) is 11.7. The minimum absolute atomic E-state index is 0.852. The Balaban J connectivity index is 1.30. The Morgan fingerprint density at radius 2 is 1.17 bits per heavy atom. The van der Waals surface area contributed by atoms with E-state index in [0.29, 0.717) is 0 Å². The maximum Gasteiger partial charge on any atom is 0.137 e. The molecule has 0 bridgehead atoms. The van der Waals surface area contributed by atoms with Crippen LogP contribution >= 0.6 is 0 Å². The summed E-state index contributed by atoms with van der Waals surface area (Å²) in [7, 11) is 0. The average Bonchev–Trinajstić information content (AvgIpc) is 3.49. The van der Waals surface area contributed by atoms with E-state index in [1.165, 1.54) is 27.5 Å². The number of hydrogen-bond donors (Lipinski definition) is 0. The molecule has 0 unspecified atom stereocenters. The van der Waals surface area contributed by atoms with Crippen molar-refractivity contribution in [1.29, 1.82) is 0 Å². The van der Waals surface area contributed by atoms with Crippen LogP contribution in [-0.4, -0.2) is 4.98 Å². The third-order valence-corrected chi connectivity index (χ3v) is 8.91. The number of fused-ring (bicyclic) bond motifs is 5. The van der Waals surface area contributed by atoms with Gasteiger partial charge in [0.05, 0.1) is 16.8 Å². The molecule has 0 atom stereocenters. The highest BCUT2D eigenvalue weighted by molar-refractivity contribution is 6.16. The fraction of sp³-hybridized carbons (Fsp3) is 0. The number of benzene rings is 7. The van der Waals surface area contributed by atoms with Crippen LogP contribution in [0.2, 0.25) is 0 Å². The van der Waals surface area contributed by atoms with Crippen LogP contribution in [0.1, 0.15) is 0 Å². The Bertz CT molecular complexity index is 2530. The number of furan rings is 1. The van der Waals surface area contributed by atoms with Crippen LogP contribution in [0, 0.1) is 0 Å². The Morgan fingerprint density at radius 3 is 2.07 bits per heavy atom. The molecule has 3 heteroatoms. The lowest BCUT2D eigenvalue weighted by molar-refractivity contribution is 0.669. The fourth-order valence-corrected chi connectivity index (χ4v) is 6.69. The summed E-state index contributed by atoms with van der Waals surface area (Å²) in [6.45, 7) is 0. The summed E-state index contributed by atoms with van der Waals surface area (Å²) in [6, 6.07) is 56.1. The first kappa shape index (κ1) is 26.2. The van der Waals surface area contributed by atoms with Crippen LogP contribution in [-0.2, 0) is 0 Å². The zero-order valence-corrected chi connectivity index (χ0v) is 25.0. The van der Waals surface area contributed by atoms with Crippen molar-refractivity contribution in [2.75, 3.05) is 4.90 Å². The SMILES string of the molecule is c1ccc(-c2ccc(N(c3ccccc3-c3ccc4ccccc4c3)c3cccc4oc5cc6cnccc6cc5c34)cc2)cc1. The van der Waals surface area contributed by atoms with Crippen LogP contribution in [0.4, 0.5) is 17.1 Å². The minimum atomic E-state index is 0.852. The molecule has 0 aliphatic rings. The number of aromatic nitrogens is 1. The Kier molecular flexibility index (Phi) is 6.14. The van der Waals surface area contributed by atoms with Crippen LogP contribution in [0.3, 0.4) is 0 Å². The summed E-state index contributed by atoms with van der Waals surface area (Å²) in [6.07, 6.45) is 3.74. The highest BCUT2D eigenvalue weighted by Gasteiger charge is 2.22. The van der Waals surface area contributed by atoms with Gasteiger partial charge in [0.1, 0.15) is 11.2 Å². The Labute approximate surface area is 266 Å². The molecule has 7 aromatic carbocycles. The first-order chi connectivity index (χ1) is 22.8. The van der Waals surface area contributed by atoms with E-state index in [1.54, 1.807) is 0 Å². The normalized spacial score (nSPS) is 11.5. The van der Waals surface area contributed by atoms with Gasteiger partial charge in [0.2, 0.25) is 0 Å². The van der Waals surface area contributed by atoms with Gasteiger partial charge in [0, 0.05) is 34.4 Å². The summed E-state index contributed by atoms with van der Waals surface area (Å²) in [4.78, 5) is 6.72. The van der Waals surface area contributed by atoms with E-state index >= 15 is 0 Å².